The summed E-state index contributed by atoms with van der Waals surface area (Å²) in [5.74, 6) is 0.891. The van der Waals surface area contributed by atoms with Crippen LogP contribution in [0.4, 0.5) is 5.13 Å². The van der Waals surface area contributed by atoms with Crippen molar-refractivity contribution in [3.8, 4) is 0 Å². The second-order valence-electron chi connectivity index (χ2n) is 4.84. The molecule has 0 radical (unpaired) electrons. The summed E-state index contributed by atoms with van der Waals surface area (Å²) in [5.41, 5.74) is 2.46. The topological polar surface area (TPSA) is 37.8 Å². The minimum absolute atomic E-state index is 0.772. The number of nitrogens with zero attached hydrogens (tertiary/aromatic N) is 2. The molecular formula is C18H17N3S2. The van der Waals surface area contributed by atoms with Gasteiger partial charge >= 0.3 is 0 Å². The summed E-state index contributed by atoms with van der Waals surface area (Å²) < 4.78 is 0.985. The van der Waals surface area contributed by atoms with Gasteiger partial charge in [-0.1, -0.05) is 95.9 Å². The van der Waals surface area contributed by atoms with E-state index in [0.717, 1.165) is 21.8 Å². The van der Waals surface area contributed by atoms with Gasteiger partial charge in [0.25, 0.3) is 0 Å². The molecule has 0 saturated carbocycles. The highest BCUT2D eigenvalue weighted by Gasteiger charge is 2.03. The highest BCUT2D eigenvalue weighted by atomic mass is 32.2. The zero-order valence-electron chi connectivity index (χ0n) is 12.6. The summed E-state index contributed by atoms with van der Waals surface area (Å²) in [6, 6.07) is 20.6. The van der Waals surface area contributed by atoms with Gasteiger partial charge in [0.05, 0.1) is 0 Å². The van der Waals surface area contributed by atoms with Crippen LogP contribution in [0.2, 0.25) is 0 Å². The van der Waals surface area contributed by atoms with E-state index in [1.165, 1.54) is 11.1 Å². The molecule has 0 aliphatic heterocycles. The van der Waals surface area contributed by atoms with Gasteiger partial charge in [0.1, 0.15) is 0 Å². The normalized spacial score (nSPS) is 11.0. The van der Waals surface area contributed by atoms with Crippen molar-refractivity contribution in [1.29, 1.82) is 0 Å². The molecule has 3 aromatic rings. The quantitative estimate of drug-likeness (QED) is 0.618. The maximum atomic E-state index is 4.21. The van der Waals surface area contributed by atoms with E-state index in [9.17, 15) is 0 Å². The Morgan fingerprint density at radius 2 is 1.70 bits per heavy atom. The first-order chi connectivity index (χ1) is 11.4. The molecule has 1 N–H and O–H groups in total. The fourth-order valence-corrected chi connectivity index (χ4v) is 3.56. The third-order valence-electron chi connectivity index (χ3n) is 3.11. The Labute approximate surface area is 144 Å². The Morgan fingerprint density at radius 1 is 0.957 bits per heavy atom. The Kier molecular flexibility index (Phi) is 5.83. The molecule has 3 rings (SSSR count). The van der Waals surface area contributed by atoms with E-state index in [2.05, 4.69) is 51.9 Å². The largest absolute Gasteiger partial charge is 0.356 e. The maximum Gasteiger partial charge on any atom is 0.206 e. The molecule has 116 valence electrons. The molecule has 5 heteroatoms. The highest BCUT2D eigenvalue weighted by molar-refractivity contribution is 8.01. The molecule has 0 unspecified atom stereocenters. The van der Waals surface area contributed by atoms with E-state index < -0.39 is 0 Å². The second kappa shape index (κ2) is 8.50. The minimum Gasteiger partial charge on any atom is -0.356 e. The van der Waals surface area contributed by atoms with Crippen molar-refractivity contribution in [3.63, 3.8) is 0 Å². The number of nitrogens with one attached hydrogen (secondary N) is 1. The smallest absolute Gasteiger partial charge is 0.206 e. The first kappa shape index (κ1) is 15.8. The Morgan fingerprint density at radius 3 is 2.48 bits per heavy atom. The van der Waals surface area contributed by atoms with Gasteiger partial charge in [0.2, 0.25) is 5.13 Å². The van der Waals surface area contributed by atoms with Gasteiger partial charge in [-0.2, -0.15) is 0 Å². The molecule has 2 aromatic carbocycles. The van der Waals surface area contributed by atoms with Crippen LogP contribution in [-0.2, 0) is 6.54 Å². The molecular weight excluding hydrogens is 322 g/mol. The van der Waals surface area contributed by atoms with Crippen molar-refractivity contribution < 1.29 is 0 Å². The van der Waals surface area contributed by atoms with Crippen LogP contribution in [-0.4, -0.2) is 16.0 Å². The van der Waals surface area contributed by atoms with Crippen LogP contribution in [0.3, 0.4) is 0 Å². The molecule has 0 spiro atoms. The number of thioether (sulfide) groups is 1. The SMILES string of the molecule is C(=C\c1ccccc1)/CSc1nnc(NCc2ccccc2)s1. The van der Waals surface area contributed by atoms with E-state index >= 15 is 0 Å². The van der Waals surface area contributed by atoms with Crippen LogP contribution >= 0.6 is 23.1 Å². The molecule has 0 atom stereocenters. The molecule has 0 saturated heterocycles. The van der Waals surface area contributed by atoms with Crippen molar-refractivity contribution in [1.82, 2.24) is 10.2 Å². The van der Waals surface area contributed by atoms with Crippen LogP contribution in [0.25, 0.3) is 6.08 Å². The Balaban J connectivity index is 1.45. The van der Waals surface area contributed by atoms with Crippen molar-refractivity contribution >= 4 is 34.3 Å². The summed E-state index contributed by atoms with van der Waals surface area (Å²) in [5, 5.41) is 12.6. The number of benzene rings is 2. The molecule has 23 heavy (non-hydrogen) atoms. The van der Waals surface area contributed by atoms with Crippen molar-refractivity contribution in [2.24, 2.45) is 0 Å². The zero-order valence-corrected chi connectivity index (χ0v) is 14.2. The number of aromatic nitrogens is 2. The van der Waals surface area contributed by atoms with Gasteiger partial charge in [-0.3, -0.25) is 0 Å². The molecule has 1 heterocycles. The Hall–Kier alpha value is -2.11. The average molecular weight is 339 g/mol. The molecule has 3 nitrogen and oxygen atoms in total. The third kappa shape index (κ3) is 5.23. The highest BCUT2D eigenvalue weighted by Crippen LogP contribution is 2.25. The predicted molar refractivity (Wildman–Crippen MR) is 99.9 cm³/mol. The first-order valence-electron chi connectivity index (χ1n) is 7.36. The fraction of sp³-hybridized carbons (Fsp3) is 0.111. The number of anilines is 1. The number of rotatable bonds is 7. The molecule has 0 aliphatic rings. The lowest BCUT2D eigenvalue weighted by atomic mass is 10.2. The summed E-state index contributed by atoms with van der Waals surface area (Å²) in [6.07, 6.45) is 4.28. The molecule has 0 aliphatic carbocycles. The van der Waals surface area contributed by atoms with Crippen LogP contribution in [0, 0.1) is 0 Å². The lowest BCUT2D eigenvalue weighted by Crippen LogP contribution is -1.98. The van der Waals surface area contributed by atoms with Crippen LogP contribution in [0.5, 0.6) is 0 Å². The van der Waals surface area contributed by atoms with Gasteiger partial charge < -0.3 is 5.32 Å². The fourth-order valence-electron chi connectivity index (χ4n) is 1.98. The summed E-state index contributed by atoms with van der Waals surface area (Å²) in [6.45, 7) is 0.772. The molecule has 0 fully saturated rings. The maximum absolute atomic E-state index is 4.21. The van der Waals surface area contributed by atoms with E-state index in [1.54, 1.807) is 23.1 Å². The zero-order chi connectivity index (χ0) is 15.7. The van der Waals surface area contributed by atoms with Crippen LogP contribution < -0.4 is 5.32 Å². The van der Waals surface area contributed by atoms with Gasteiger partial charge in [-0.15, -0.1) is 10.2 Å². The van der Waals surface area contributed by atoms with E-state index in [-0.39, 0.29) is 0 Å². The summed E-state index contributed by atoms with van der Waals surface area (Å²) in [7, 11) is 0. The first-order valence-corrected chi connectivity index (χ1v) is 9.16. The Bertz CT molecular complexity index is 739. The van der Waals surface area contributed by atoms with Gasteiger partial charge in [0, 0.05) is 12.3 Å². The van der Waals surface area contributed by atoms with E-state index in [0.29, 0.717) is 0 Å². The van der Waals surface area contributed by atoms with Crippen LogP contribution in [0.15, 0.2) is 71.1 Å². The average Bonchev–Trinajstić information content (AvgIpc) is 3.07. The van der Waals surface area contributed by atoms with Crippen LogP contribution in [0.1, 0.15) is 11.1 Å². The van der Waals surface area contributed by atoms with Crippen molar-refractivity contribution in [2.45, 2.75) is 10.9 Å². The minimum atomic E-state index is 0.772. The molecule has 1 aromatic heterocycles. The van der Waals surface area contributed by atoms with Crippen molar-refractivity contribution in [3.05, 3.63) is 77.9 Å². The van der Waals surface area contributed by atoms with E-state index in [1.807, 2.05) is 36.4 Å². The summed E-state index contributed by atoms with van der Waals surface area (Å²) in [4.78, 5) is 0. The number of hydrogen-bond acceptors (Lipinski definition) is 5. The van der Waals surface area contributed by atoms with Crippen molar-refractivity contribution in [2.75, 3.05) is 11.1 Å². The van der Waals surface area contributed by atoms with Gasteiger partial charge in [0.15, 0.2) is 4.34 Å². The summed E-state index contributed by atoms with van der Waals surface area (Å²) >= 11 is 3.29. The monoisotopic (exact) mass is 339 g/mol. The van der Waals surface area contributed by atoms with Gasteiger partial charge in [-0.05, 0) is 11.1 Å². The number of hydrogen-bond donors (Lipinski definition) is 1. The molecule has 0 amide bonds. The van der Waals surface area contributed by atoms with E-state index in [4.69, 9.17) is 0 Å². The second-order valence-corrected chi connectivity index (χ2v) is 7.08. The lowest BCUT2D eigenvalue weighted by molar-refractivity contribution is 0.996. The predicted octanol–water partition coefficient (Wildman–Crippen LogP) is 4.96. The van der Waals surface area contributed by atoms with Gasteiger partial charge in [-0.25, -0.2) is 0 Å². The molecule has 0 bridgehead atoms. The third-order valence-corrected chi connectivity index (χ3v) is 5.07. The lowest BCUT2D eigenvalue weighted by Gasteiger charge is -2.00. The standard InChI is InChI=1S/C18H17N3S2/c1-3-8-15(9-4-1)12-7-13-22-18-21-20-17(23-18)19-14-16-10-5-2-6-11-16/h1-12H,13-14H2,(H,19,20)/b12-7+.